The van der Waals surface area contributed by atoms with Gasteiger partial charge in [-0.1, -0.05) is 30.3 Å². The Morgan fingerprint density at radius 1 is 0.897 bits per heavy atom. The minimum Gasteiger partial charge on any atom is -0.329 e. The number of benzene rings is 2. The maximum absolute atomic E-state index is 13.2. The van der Waals surface area contributed by atoms with E-state index in [9.17, 15) is 16.8 Å². The Bertz CT molecular complexity index is 1170. The number of aromatic nitrogens is 1. The summed E-state index contributed by atoms with van der Waals surface area (Å²) >= 11 is 0. The molecule has 0 saturated carbocycles. The number of fused-ring (bicyclic) bond motifs is 1. The second-order valence-corrected chi connectivity index (χ2v) is 10.2. The van der Waals surface area contributed by atoms with Crippen LogP contribution in [0.5, 0.6) is 0 Å². The van der Waals surface area contributed by atoms with E-state index in [0.717, 1.165) is 4.31 Å². The summed E-state index contributed by atoms with van der Waals surface area (Å²) in [5.41, 5.74) is 5.60. The van der Waals surface area contributed by atoms with E-state index in [4.69, 9.17) is 5.73 Å². The molecule has 0 spiro atoms. The van der Waals surface area contributed by atoms with Crippen LogP contribution in [0, 0.1) is 0 Å². The molecule has 0 aliphatic heterocycles. The van der Waals surface area contributed by atoms with Crippen LogP contribution in [0.3, 0.4) is 0 Å². The first-order chi connectivity index (χ1) is 13.4. The summed E-state index contributed by atoms with van der Waals surface area (Å²) < 4.78 is 52.7. The average molecular weight is 456 g/mol. The molecule has 0 atom stereocenters. The minimum absolute atomic E-state index is 0. The average Bonchev–Trinajstić information content (AvgIpc) is 2.71. The molecule has 10 heteroatoms. The zero-order valence-electron chi connectivity index (χ0n) is 15.5. The number of sulfone groups is 1. The second kappa shape index (κ2) is 9.64. The molecule has 0 aliphatic carbocycles. The largest absolute Gasteiger partial charge is 0.329 e. The molecule has 0 aliphatic rings. The summed E-state index contributed by atoms with van der Waals surface area (Å²) in [5, 5.41) is 1.22. The quantitative estimate of drug-likeness (QED) is 0.556. The highest BCUT2D eigenvalue weighted by Gasteiger charge is 2.27. The lowest BCUT2D eigenvalue weighted by Gasteiger charge is -2.22. The lowest BCUT2D eigenvalue weighted by atomic mass is 10.2. The molecule has 0 saturated heterocycles. The van der Waals surface area contributed by atoms with Crippen LogP contribution in [0.25, 0.3) is 10.8 Å². The van der Waals surface area contributed by atoms with Gasteiger partial charge in [0.05, 0.1) is 15.5 Å². The lowest BCUT2D eigenvalue weighted by Crippen LogP contribution is -2.38. The number of hydrogen-bond acceptors (Lipinski definition) is 6. The van der Waals surface area contributed by atoms with Crippen molar-refractivity contribution in [3.05, 3.63) is 67.0 Å². The Hall–Kier alpha value is -2.04. The van der Waals surface area contributed by atoms with Crippen LogP contribution in [-0.4, -0.2) is 51.5 Å². The van der Waals surface area contributed by atoms with Gasteiger partial charge in [-0.05, 0) is 24.3 Å². The van der Waals surface area contributed by atoms with Crippen molar-refractivity contribution in [1.29, 1.82) is 0 Å². The molecule has 2 N–H and O–H groups in total. The Labute approximate surface area is 176 Å². The Morgan fingerprint density at radius 2 is 1.62 bits per heavy atom. The van der Waals surface area contributed by atoms with Gasteiger partial charge in [-0.15, -0.1) is 12.4 Å². The van der Waals surface area contributed by atoms with Gasteiger partial charge in [-0.3, -0.25) is 4.98 Å². The van der Waals surface area contributed by atoms with Crippen molar-refractivity contribution in [3.63, 3.8) is 0 Å². The number of halogens is 1. The first-order valence-corrected chi connectivity index (χ1v) is 11.8. The van der Waals surface area contributed by atoms with Crippen molar-refractivity contribution in [3.8, 4) is 0 Å². The van der Waals surface area contributed by atoms with Crippen LogP contribution >= 0.6 is 12.4 Å². The summed E-state index contributed by atoms with van der Waals surface area (Å²) in [4.78, 5) is 4.28. The molecule has 0 amide bonds. The molecule has 7 nitrogen and oxygen atoms in total. The first kappa shape index (κ1) is 23.2. The van der Waals surface area contributed by atoms with Crippen molar-refractivity contribution in [2.24, 2.45) is 5.73 Å². The smallest absolute Gasteiger partial charge is 0.243 e. The van der Waals surface area contributed by atoms with E-state index in [0.29, 0.717) is 10.8 Å². The van der Waals surface area contributed by atoms with Gasteiger partial charge in [-0.25, -0.2) is 16.8 Å². The molecule has 0 radical (unpaired) electrons. The molecule has 156 valence electrons. The Kier molecular flexibility index (Phi) is 7.73. The van der Waals surface area contributed by atoms with Gasteiger partial charge in [0.1, 0.15) is 0 Å². The molecule has 0 fully saturated rings. The summed E-state index contributed by atoms with van der Waals surface area (Å²) in [7, 11) is -7.55. The third-order valence-electron chi connectivity index (χ3n) is 4.35. The number of rotatable bonds is 8. The third kappa shape index (κ3) is 5.12. The highest BCUT2D eigenvalue weighted by molar-refractivity contribution is 7.91. The topological polar surface area (TPSA) is 110 Å². The van der Waals surface area contributed by atoms with Crippen LogP contribution in [0.4, 0.5) is 0 Å². The molecule has 2 aromatic carbocycles. The normalized spacial score (nSPS) is 12.1. The highest BCUT2D eigenvalue weighted by atomic mass is 35.5. The summed E-state index contributed by atoms with van der Waals surface area (Å²) in [6, 6.07) is 14.5. The standard InChI is InChI=1S/C19H21N3O4S2.ClH/c20-10-12-22(13-14-27(23,24)17-6-2-1-3-7-17)28(25,26)19-8-4-5-16-15-21-11-9-18(16)19;/h1-9,11,15H,10,12-14,20H2;1H. The van der Waals surface area contributed by atoms with E-state index in [2.05, 4.69) is 4.98 Å². The summed E-state index contributed by atoms with van der Waals surface area (Å²) in [6.07, 6.45) is 3.11. The van der Waals surface area contributed by atoms with Crippen LogP contribution < -0.4 is 5.73 Å². The molecule has 29 heavy (non-hydrogen) atoms. The van der Waals surface area contributed by atoms with Crippen molar-refractivity contribution < 1.29 is 16.8 Å². The van der Waals surface area contributed by atoms with Crippen LogP contribution in [0.1, 0.15) is 0 Å². The van der Waals surface area contributed by atoms with E-state index in [1.165, 1.54) is 24.4 Å². The molecule has 3 aromatic rings. The molecule has 1 heterocycles. The van der Waals surface area contributed by atoms with Gasteiger partial charge >= 0.3 is 0 Å². The number of hydrogen-bond donors (Lipinski definition) is 1. The van der Waals surface area contributed by atoms with Gasteiger partial charge in [-0.2, -0.15) is 4.31 Å². The zero-order valence-corrected chi connectivity index (χ0v) is 18.0. The first-order valence-electron chi connectivity index (χ1n) is 8.67. The molecule has 3 rings (SSSR count). The lowest BCUT2D eigenvalue weighted by molar-refractivity contribution is 0.435. The van der Waals surface area contributed by atoms with Gasteiger partial charge in [0.15, 0.2) is 9.84 Å². The van der Waals surface area contributed by atoms with Crippen molar-refractivity contribution in [2.45, 2.75) is 9.79 Å². The SMILES string of the molecule is Cl.NCCN(CCS(=O)(=O)c1ccccc1)S(=O)(=O)c1cccc2cnccc12. The predicted octanol–water partition coefficient (Wildman–Crippen LogP) is 2.08. The molecule has 0 unspecified atom stereocenters. The van der Waals surface area contributed by atoms with Crippen LogP contribution in [-0.2, 0) is 19.9 Å². The number of nitrogens with zero attached hydrogens (tertiary/aromatic N) is 2. The number of sulfonamides is 1. The highest BCUT2D eigenvalue weighted by Crippen LogP contribution is 2.25. The summed E-state index contributed by atoms with van der Waals surface area (Å²) in [5.74, 6) is -0.331. The maximum atomic E-state index is 13.2. The van der Waals surface area contributed by atoms with Gasteiger partial charge < -0.3 is 5.73 Å². The van der Waals surface area contributed by atoms with Crippen molar-refractivity contribution in [2.75, 3.05) is 25.4 Å². The number of pyridine rings is 1. The van der Waals surface area contributed by atoms with E-state index in [1.54, 1.807) is 42.6 Å². The molecular weight excluding hydrogens is 434 g/mol. The monoisotopic (exact) mass is 455 g/mol. The number of nitrogens with two attached hydrogens (primary N) is 1. The summed E-state index contributed by atoms with van der Waals surface area (Å²) in [6.45, 7) is -0.0801. The van der Waals surface area contributed by atoms with Crippen LogP contribution in [0.15, 0.2) is 76.8 Å². The van der Waals surface area contributed by atoms with Crippen LogP contribution in [0.2, 0.25) is 0 Å². The Morgan fingerprint density at radius 3 is 2.31 bits per heavy atom. The van der Waals surface area contributed by atoms with Gasteiger partial charge in [0, 0.05) is 42.8 Å². The molecule has 1 aromatic heterocycles. The predicted molar refractivity (Wildman–Crippen MR) is 115 cm³/mol. The second-order valence-electron chi connectivity index (χ2n) is 6.18. The third-order valence-corrected chi connectivity index (χ3v) is 8.02. The minimum atomic E-state index is -3.93. The molecule has 0 bridgehead atoms. The fourth-order valence-electron chi connectivity index (χ4n) is 2.92. The van der Waals surface area contributed by atoms with Crippen molar-refractivity contribution >= 4 is 43.0 Å². The van der Waals surface area contributed by atoms with E-state index in [1.807, 2.05) is 0 Å². The fourth-order valence-corrected chi connectivity index (χ4v) is 5.97. The maximum Gasteiger partial charge on any atom is 0.243 e. The van der Waals surface area contributed by atoms with Crippen molar-refractivity contribution in [1.82, 2.24) is 9.29 Å². The van der Waals surface area contributed by atoms with Gasteiger partial charge in [0.2, 0.25) is 10.0 Å². The molecular formula is C19H22ClN3O4S2. The van der Waals surface area contributed by atoms with Gasteiger partial charge in [0.25, 0.3) is 0 Å². The van der Waals surface area contributed by atoms with E-state index >= 15 is 0 Å². The Balaban J connectivity index is 0.00000300. The van der Waals surface area contributed by atoms with E-state index in [-0.39, 0.29) is 47.6 Å². The fraction of sp³-hybridized carbons (Fsp3) is 0.211. The zero-order chi connectivity index (χ0) is 20.2. The van der Waals surface area contributed by atoms with E-state index < -0.39 is 19.9 Å².